The Bertz CT molecular complexity index is 1110. The second kappa shape index (κ2) is 8.45. The van der Waals surface area contributed by atoms with Crippen LogP contribution < -0.4 is 0 Å². The molecule has 1 fully saturated rings. The lowest BCUT2D eigenvalue weighted by atomic mass is 9.86. The number of halogens is 1. The Labute approximate surface area is 177 Å². The van der Waals surface area contributed by atoms with Gasteiger partial charge in [-0.05, 0) is 73.2 Å². The predicted octanol–water partition coefficient (Wildman–Crippen LogP) is 6.40. The van der Waals surface area contributed by atoms with Crippen molar-refractivity contribution in [2.75, 3.05) is 19.6 Å². The molecule has 4 aromatic rings. The number of nitrogens with zero attached hydrogens (tertiary/aromatic N) is 1. The van der Waals surface area contributed by atoms with Crippen molar-refractivity contribution >= 4 is 10.9 Å². The molecular weight excluding hydrogens is 371 g/mol. The Balaban J connectivity index is 1.33. The molecule has 0 bridgehead atoms. The van der Waals surface area contributed by atoms with Gasteiger partial charge in [0.05, 0.1) is 0 Å². The molecule has 0 atom stereocenters. The van der Waals surface area contributed by atoms with Crippen LogP contribution in [0.5, 0.6) is 0 Å². The van der Waals surface area contributed by atoms with E-state index in [1.807, 2.05) is 12.1 Å². The maximum Gasteiger partial charge on any atom is 0.123 e. The van der Waals surface area contributed by atoms with Gasteiger partial charge in [-0.2, -0.15) is 0 Å². The number of para-hydroxylation sites is 1. The van der Waals surface area contributed by atoms with Crippen molar-refractivity contribution in [3.8, 4) is 11.3 Å². The van der Waals surface area contributed by atoms with Crippen molar-refractivity contribution in [1.29, 1.82) is 0 Å². The third-order valence-corrected chi connectivity index (χ3v) is 6.43. The SMILES string of the molecule is Fc1ccc(CCN2CCC(c3c(-c4ccccc4)[nH]c4ccccc34)CC2)cc1. The van der Waals surface area contributed by atoms with Crippen LogP contribution >= 0.6 is 0 Å². The van der Waals surface area contributed by atoms with Gasteiger partial charge in [0, 0.05) is 23.1 Å². The van der Waals surface area contributed by atoms with E-state index < -0.39 is 0 Å². The van der Waals surface area contributed by atoms with Gasteiger partial charge in [0.15, 0.2) is 0 Å². The van der Waals surface area contributed by atoms with Crippen LogP contribution in [0, 0.1) is 5.82 Å². The zero-order valence-corrected chi connectivity index (χ0v) is 17.2. The number of rotatable bonds is 5. The number of aromatic amines is 1. The fourth-order valence-corrected chi connectivity index (χ4v) is 4.80. The number of benzene rings is 3. The summed E-state index contributed by atoms with van der Waals surface area (Å²) in [5.74, 6) is 0.408. The molecule has 1 saturated heterocycles. The molecule has 1 N–H and O–H groups in total. The van der Waals surface area contributed by atoms with Crippen LogP contribution in [0.25, 0.3) is 22.2 Å². The van der Waals surface area contributed by atoms with Crippen LogP contribution in [-0.4, -0.2) is 29.5 Å². The maximum atomic E-state index is 13.1. The smallest absolute Gasteiger partial charge is 0.123 e. The van der Waals surface area contributed by atoms with Crippen LogP contribution in [-0.2, 0) is 6.42 Å². The normalized spacial score (nSPS) is 15.6. The van der Waals surface area contributed by atoms with E-state index in [0.717, 1.165) is 26.1 Å². The quantitative estimate of drug-likeness (QED) is 0.412. The van der Waals surface area contributed by atoms with Gasteiger partial charge >= 0.3 is 0 Å². The molecule has 2 nitrogen and oxygen atoms in total. The lowest BCUT2D eigenvalue weighted by Crippen LogP contribution is -2.34. The molecule has 5 rings (SSSR count). The highest BCUT2D eigenvalue weighted by Crippen LogP contribution is 2.40. The molecule has 0 amide bonds. The van der Waals surface area contributed by atoms with Crippen LogP contribution in [0.4, 0.5) is 4.39 Å². The van der Waals surface area contributed by atoms with Gasteiger partial charge in [-0.25, -0.2) is 4.39 Å². The third kappa shape index (κ3) is 3.90. The zero-order chi connectivity index (χ0) is 20.3. The summed E-state index contributed by atoms with van der Waals surface area (Å²) in [5.41, 5.74) is 6.46. The molecule has 2 heterocycles. The number of aromatic nitrogens is 1. The topological polar surface area (TPSA) is 19.0 Å². The summed E-state index contributed by atoms with van der Waals surface area (Å²) in [4.78, 5) is 6.25. The van der Waals surface area contributed by atoms with E-state index in [-0.39, 0.29) is 5.82 Å². The summed E-state index contributed by atoms with van der Waals surface area (Å²) in [6, 6.07) is 26.3. The van der Waals surface area contributed by atoms with E-state index in [4.69, 9.17) is 0 Å². The lowest BCUT2D eigenvalue weighted by Gasteiger charge is -2.32. The lowest BCUT2D eigenvalue weighted by molar-refractivity contribution is 0.215. The summed E-state index contributed by atoms with van der Waals surface area (Å²) < 4.78 is 13.1. The van der Waals surface area contributed by atoms with Crippen molar-refractivity contribution in [3.63, 3.8) is 0 Å². The van der Waals surface area contributed by atoms with Gasteiger partial charge in [0.1, 0.15) is 5.82 Å². The Hall–Kier alpha value is -2.91. The molecule has 0 saturated carbocycles. The summed E-state index contributed by atoms with van der Waals surface area (Å²) in [7, 11) is 0. The fraction of sp³-hybridized carbons (Fsp3) is 0.259. The molecule has 0 aliphatic carbocycles. The van der Waals surface area contributed by atoms with Gasteiger partial charge in [-0.15, -0.1) is 0 Å². The number of fused-ring (bicyclic) bond motifs is 1. The first-order valence-corrected chi connectivity index (χ1v) is 10.9. The van der Waals surface area contributed by atoms with Gasteiger partial charge < -0.3 is 9.88 Å². The van der Waals surface area contributed by atoms with Crippen LogP contribution in [0.15, 0.2) is 78.9 Å². The van der Waals surface area contributed by atoms with Crippen molar-refractivity contribution in [3.05, 3.63) is 95.8 Å². The van der Waals surface area contributed by atoms with Gasteiger partial charge in [-0.1, -0.05) is 60.7 Å². The molecule has 1 aliphatic heterocycles. The van der Waals surface area contributed by atoms with E-state index in [1.165, 1.54) is 46.1 Å². The molecule has 0 radical (unpaired) electrons. The van der Waals surface area contributed by atoms with E-state index in [1.54, 1.807) is 12.1 Å². The Morgan fingerprint density at radius 3 is 2.30 bits per heavy atom. The molecule has 1 aromatic heterocycles. The van der Waals surface area contributed by atoms with Gasteiger partial charge in [0.25, 0.3) is 0 Å². The van der Waals surface area contributed by atoms with Crippen molar-refractivity contribution in [2.24, 2.45) is 0 Å². The summed E-state index contributed by atoms with van der Waals surface area (Å²) in [5, 5.41) is 1.36. The van der Waals surface area contributed by atoms with Crippen molar-refractivity contribution in [1.82, 2.24) is 9.88 Å². The highest BCUT2D eigenvalue weighted by atomic mass is 19.1. The highest BCUT2D eigenvalue weighted by Gasteiger charge is 2.26. The van der Waals surface area contributed by atoms with E-state index in [2.05, 4.69) is 64.5 Å². The Kier molecular flexibility index (Phi) is 5.37. The molecular formula is C27H27FN2. The monoisotopic (exact) mass is 398 g/mol. The molecule has 3 heteroatoms. The molecule has 0 unspecified atom stereocenters. The van der Waals surface area contributed by atoms with Crippen LogP contribution in [0.2, 0.25) is 0 Å². The number of piperidine rings is 1. The fourth-order valence-electron chi connectivity index (χ4n) is 4.80. The molecule has 1 aliphatic rings. The minimum absolute atomic E-state index is 0.160. The van der Waals surface area contributed by atoms with Crippen molar-refractivity contribution in [2.45, 2.75) is 25.2 Å². The highest BCUT2D eigenvalue weighted by molar-refractivity contribution is 5.91. The standard InChI is InChI=1S/C27H27FN2/c28-23-12-10-20(11-13-23)14-17-30-18-15-21(16-19-30)26-24-8-4-5-9-25(24)29-27(26)22-6-2-1-3-7-22/h1-13,21,29H,14-19H2. The number of H-pyrrole nitrogens is 1. The average molecular weight is 399 g/mol. The summed E-state index contributed by atoms with van der Waals surface area (Å²) in [6.45, 7) is 3.26. The molecule has 0 spiro atoms. The predicted molar refractivity (Wildman–Crippen MR) is 122 cm³/mol. The first-order chi connectivity index (χ1) is 14.8. The second-order valence-electron chi connectivity index (χ2n) is 8.32. The third-order valence-electron chi connectivity index (χ3n) is 6.43. The number of nitrogens with one attached hydrogen (secondary N) is 1. The largest absolute Gasteiger partial charge is 0.354 e. The maximum absolute atomic E-state index is 13.1. The van der Waals surface area contributed by atoms with Gasteiger partial charge in [0.2, 0.25) is 0 Å². The first kappa shape index (κ1) is 19.1. The number of hydrogen-bond donors (Lipinski definition) is 1. The summed E-state index contributed by atoms with van der Waals surface area (Å²) >= 11 is 0. The van der Waals surface area contributed by atoms with Gasteiger partial charge in [-0.3, -0.25) is 0 Å². The zero-order valence-electron chi connectivity index (χ0n) is 17.2. The number of hydrogen-bond acceptors (Lipinski definition) is 1. The molecule has 3 aromatic carbocycles. The Morgan fingerprint density at radius 2 is 1.53 bits per heavy atom. The summed E-state index contributed by atoms with van der Waals surface area (Å²) in [6.07, 6.45) is 3.32. The second-order valence-corrected chi connectivity index (χ2v) is 8.32. The van der Waals surface area contributed by atoms with Crippen LogP contribution in [0.1, 0.15) is 29.9 Å². The van der Waals surface area contributed by atoms with E-state index in [0.29, 0.717) is 5.92 Å². The van der Waals surface area contributed by atoms with E-state index >= 15 is 0 Å². The first-order valence-electron chi connectivity index (χ1n) is 10.9. The minimum Gasteiger partial charge on any atom is -0.354 e. The van der Waals surface area contributed by atoms with E-state index in [9.17, 15) is 4.39 Å². The average Bonchev–Trinajstić information content (AvgIpc) is 3.19. The number of likely N-dealkylation sites (tertiary alicyclic amines) is 1. The molecule has 152 valence electrons. The van der Waals surface area contributed by atoms with Crippen LogP contribution in [0.3, 0.4) is 0 Å². The minimum atomic E-state index is -0.160. The van der Waals surface area contributed by atoms with Crippen molar-refractivity contribution < 1.29 is 4.39 Å². The Morgan fingerprint density at radius 1 is 0.833 bits per heavy atom. The molecule has 30 heavy (non-hydrogen) atoms.